The average molecular weight is 240 g/mol. The van der Waals surface area contributed by atoms with E-state index >= 15 is 0 Å². The van der Waals surface area contributed by atoms with E-state index in [1.54, 1.807) is 11.7 Å². The van der Waals surface area contributed by atoms with Crippen LogP contribution in [0.2, 0.25) is 0 Å². The highest BCUT2D eigenvalue weighted by atomic mass is 16.5. The first-order valence-electron chi connectivity index (χ1n) is 5.14. The third-order valence-corrected chi connectivity index (χ3v) is 2.61. The monoisotopic (exact) mass is 240 g/mol. The lowest BCUT2D eigenvalue weighted by molar-refractivity contribution is -0.140. The molecule has 0 aliphatic rings. The molecule has 1 heterocycles. The summed E-state index contributed by atoms with van der Waals surface area (Å²) in [6.07, 6.45) is 0.254. The second-order valence-electron chi connectivity index (χ2n) is 3.65. The first-order chi connectivity index (χ1) is 7.99. The Bertz CT molecular complexity index is 437. The highest BCUT2D eigenvalue weighted by Gasteiger charge is 2.17. The summed E-state index contributed by atoms with van der Waals surface area (Å²) in [5.74, 6) is -0.684. The zero-order chi connectivity index (χ0) is 13.0. The molecule has 0 N–H and O–H groups in total. The first-order valence-corrected chi connectivity index (χ1v) is 5.14. The van der Waals surface area contributed by atoms with E-state index in [9.17, 15) is 9.59 Å². The van der Waals surface area contributed by atoms with Crippen LogP contribution < -0.4 is 0 Å². The third kappa shape index (κ3) is 3.05. The molecule has 0 spiro atoms. The molecular weight excluding hydrogens is 224 g/mol. The van der Waals surface area contributed by atoms with Crippen molar-refractivity contribution in [3.8, 4) is 0 Å². The standard InChI is InChI=1S/C11H16N2O4/c1-7-8(5-10(14)16-3)12-13(2)9(7)6-11(15)17-4/h5-6H2,1-4H3. The van der Waals surface area contributed by atoms with Crippen LogP contribution in [0.15, 0.2) is 0 Å². The first kappa shape index (κ1) is 13.2. The van der Waals surface area contributed by atoms with Gasteiger partial charge in [0.05, 0.1) is 38.4 Å². The van der Waals surface area contributed by atoms with Gasteiger partial charge in [0, 0.05) is 7.05 Å². The summed E-state index contributed by atoms with van der Waals surface area (Å²) in [6.45, 7) is 1.82. The molecular formula is C11H16N2O4. The van der Waals surface area contributed by atoms with Gasteiger partial charge in [-0.2, -0.15) is 5.10 Å². The minimum absolute atomic E-state index is 0.108. The number of carbonyl (C=O) groups excluding carboxylic acids is 2. The number of carbonyl (C=O) groups is 2. The number of hydrogen-bond acceptors (Lipinski definition) is 5. The highest BCUT2D eigenvalue weighted by molar-refractivity contribution is 5.74. The van der Waals surface area contributed by atoms with Gasteiger partial charge in [-0.05, 0) is 12.5 Å². The van der Waals surface area contributed by atoms with E-state index < -0.39 is 0 Å². The molecule has 0 saturated heterocycles. The number of methoxy groups -OCH3 is 2. The van der Waals surface area contributed by atoms with Crippen LogP contribution in [0.4, 0.5) is 0 Å². The Morgan fingerprint density at radius 1 is 1.18 bits per heavy atom. The van der Waals surface area contributed by atoms with Gasteiger partial charge in [-0.25, -0.2) is 0 Å². The Kier molecular flexibility index (Phi) is 4.25. The fourth-order valence-corrected chi connectivity index (χ4v) is 1.56. The van der Waals surface area contributed by atoms with Crippen molar-refractivity contribution >= 4 is 11.9 Å². The van der Waals surface area contributed by atoms with Crippen LogP contribution >= 0.6 is 0 Å². The summed E-state index contributed by atoms with van der Waals surface area (Å²) in [7, 11) is 4.39. The maximum atomic E-state index is 11.2. The highest BCUT2D eigenvalue weighted by Crippen LogP contribution is 2.14. The van der Waals surface area contributed by atoms with Gasteiger partial charge in [0.15, 0.2) is 0 Å². The molecule has 17 heavy (non-hydrogen) atoms. The van der Waals surface area contributed by atoms with E-state index in [2.05, 4.69) is 14.6 Å². The number of ether oxygens (including phenoxy) is 2. The quantitative estimate of drug-likeness (QED) is 0.701. The van der Waals surface area contributed by atoms with Crippen LogP contribution in [0.25, 0.3) is 0 Å². The summed E-state index contributed by atoms with van der Waals surface area (Å²) in [6, 6.07) is 0. The Morgan fingerprint density at radius 2 is 1.71 bits per heavy atom. The van der Waals surface area contributed by atoms with Crippen LogP contribution in [0.1, 0.15) is 17.0 Å². The summed E-state index contributed by atoms with van der Waals surface area (Å²) in [5.41, 5.74) is 2.19. The van der Waals surface area contributed by atoms with Gasteiger partial charge in [-0.3, -0.25) is 14.3 Å². The SMILES string of the molecule is COC(=O)Cc1nn(C)c(CC(=O)OC)c1C. The second kappa shape index (κ2) is 5.47. The van der Waals surface area contributed by atoms with E-state index in [0.717, 1.165) is 11.3 Å². The van der Waals surface area contributed by atoms with Crippen molar-refractivity contribution in [2.24, 2.45) is 7.05 Å². The number of esters is 2. The molecule has 0 bridgehead atoms. The Labute approximate surface area is 99.5 Å². The van der Waals surface area contributed by atoms with Crippen molar-refractivity contribution in [2.45, 2.75) is 19.8 Å². The van der Waals surface area contributed by atoms with Crippen molar-refractivity contribution in [1.82, 2.24) is 9.78 Å². The molecule has 0 aromatic carbocycles. The number of aryl methyl sites for hydroxylation is 1. The van der Waals surface area contributed by atoms with Crippen molar-refractivity contribution < 1.29 is 19.1 Å². The van der Waals surface area contributed by atoms with Crippen LogP contribution in [-0.2, 0) is 39.0 Å². The number of rotatable bonds is 4. The van der Waals surface area contributed by atoms with Crippen molar-refractivity contribution in [3.05, 3.63) is 17.0 Å². The number of nitrogens with zero attached hydrogens (tertiary/aromatic N) is 2. The van der Waals surface area contributed by atoms with Crippen molar-refractivity contribution in [2.75, 3.05) is 14.2 Å². The van der Waals surface area contributed by atoms with Gasteiger partial charge in [0.25, 0.3) is 0 Å². The summed E-state index contributed by atoms with van der Waals surface area (Å²) >= 11 is 0. The van der Waals surface area contributed by atoms with E-state index in [4.69, 9.17) is 0 Å². The average Bonchev–Trinajstić information content (AvgIpc) is 2.56. The minimum Gasteiger partial charge on any atom is -0.469 e. The van der Waals surface area contributed by atoms with E-state index in [-0.39, 0.29) is 24.8 Å². The lowest BCUT2D eigenvalue weighted by Gasteiger charge is -2.01. The lowest BCUT2D eigenvalue weighted by atomic mass is 10.1. The van der Waals surface area contributed by atoms with E-state index in [1.807, 2.05) is 6.92 Å². The molecule has 1 rings (SSSR count). The fraction of sp³-hybridized carbons (Fsp3) is 0.545. The third-order valence-electron chi connectivity index (χ3n) is 2.61. The largest absolute Gasteiger partial charge is 0.469 e. The lowest BCUT2D eigenvalue weighted by Crippen LogP contribution is -2.09. The molecule has 0 aliphatic heterocycles. The molecule has 1 aromatic rings. The molecule has 0 atom stereocenters. The molecule has 0 amide bonds. The Balaban J connectivity index is 2.93. The van der Waals surface area contributed by atoms with Crippen LogP contribution in [0.5, 0.6) is 0 Å². The van der Waals surface area contributed by atoms with Gasteiger partial charge in [-0.1, -0.05) is 0 Å². The summed E-state index contributed by atoms with van der Waals surface area (Å²) in [4.78, 5) is 22.4. The molecule has 0 aliphatic carbocycles. The van der Waals surface area contributed by atoms with E-state index in [0.29, 0.717) is 5.69 Å². The maximum Gasteiger partial charge on any atom is 0.311 e. The topological polar surface area (TPSA) is 70.4 Å². The van der Waals surface area contributed by atoms with Crippen LogP contribution in [0.3, 0.4) is 0 Å². The molecule has 0 unspecified atom stereocenters. The maximum absolute atomic E-state index is 11.2. The summed E-state index contributed by atoms with van der Waals surface area (Å²) in [5, 5.41) is 4.19. The number of aromatic nitrogens is 2. The Hall–Kier alpha value is -1.85. The molecule has 0 saturated carbocycles. The Morgan fingerprint density at radius 3 is 2.24 bits per heavy atom. The molecule has 94 valence electrons. The van der Waals surface area contributed by atoms with E-state index in [1.165, 1.54) is 14.2 Å². The molecule has 0 fully saturated rings. The second-order valence-corrected chi connectivity index (χ2v) is 3.65. The van der Waals surface area contributed by atoms with Gasteiger partial charge < -0.3 is 9.47 Å². The van der Waals surface area contributed by atoms with Gasteiger partial charge >= 0.3 is 11.9 Å². The smallest absolute Gasteiger partial charge is 0.311 e. The normalized spacial score (nSPS) is 10.1. The molecule has 6 nitrogen and oxygen atoms in total. The van der Waals surface area contributed by atoms with Gasteiger partial charge in [0.1, 0.15) is 0 Å². The predicted molar refractivity (Wildman–Crippen MR) is 59.4 cm³/mol. The summed E-state index contributed by atoms with van der Waals surface area (Å²) < 4.78 is 10.8. The predicted octanol–water partition coefficient (Wildman–Crippen LogP) is 0.160. The van der Waals surface area contributed by atoms with Gasteiger partial charge in [0.2, 0.25) is 0 Å². The van der Waals surface area contributed by atoms with Crippen LogP contribution in [-0.4, -0.2) is 35.9 Å². The van der Waals surface area contributed by atoms with Gasteiger partial charge in [-0.15, -0.1) is 0 Å². The fourth-order valence-electron chi connectivity index (χ4n) is 1.56. The zero-order valence-electron chi connectivity index (χ0n) is 10.4. The molecule has 0 radical (unpaired) electrons. The van der Waals surface area contributed by atoms with Crippen LogP contribution in [0, 0.1) is 6.92 Å². The van der Waals surface area contributed by atoms with Crippen molar-refractivity contribution in [1.29, 1.82) is 0 Å². The minimum atomic E-state index is -0.351. The molecule has 6 heteroatoms. The molecule has 1 aromatic heterocycles. The zero-order valence-corrected chi connectivity index (χ0v) is 10.4. The number of hydrogen-bond donors (Lipinski definition) is 0. The van der Waals surface area contributed by atoms with Crippen molar-refractivity contribution in [3.63, 3.8) is 0 Å².